The Morgan fingerprint density at radius 1 is 1.10 bits per heavy atom. The van der Waals surface area contributed by atoms with Crippen LogP contribution in [0.25, 0.3) is 11.4 Å². The van der Waals surface area contributed by atoms with Crippen LogP contribution in [-0.2, 0) is 11.3 Å². The van der Waals surface area contributed by atoms with E-state index in [1.165, 1.54) is 11.8 Å². The van der Waals surface area contributed by atoms with Crippen molar-refractivity contribution in [3.8, 4) is 17.1 Å². The van der Waals surface area contributed by atoms with Crippen molar-refractivity contribution in [3.63, 3.8) is 0 Å². The molecule has 2 aromatic carbocycles. The van der Waals surface area contributed by atoms with Gasteiger partial charge in [-0.1, -0.05) is 23.4 Å². The number of nitrogens with zero attached hydrogens (tertiary/aromatic N) is 3. The molecule has 0 N–H and O–H groups in total. The van der Waals surface area contributed by atoms with Gasteiger partial charge in [0, 0.05) is 23.3 Å². The van der Waals surface area contributed by atoms with Gasteiger partial charge in [0.05, 0.1) is 25.5 Å². The van der Waals surface area contributed by atoms with Crippen LogP contribution >= 0.6 is 23.4 Å². The molecule has 0 amide bonds. The highest BCUT2D eigenvalue weighted by Crippen LogP contribution is 2.29. The fraction of sp³-hybridized carbons (Fsp3) is 0.286. The molecule has 29 heavy (non-hydrogen) atoms. The molecule has 0 aliphatic rings. The molecule has 0 saturated carbocycles. The summed E-state index contributed by atoms with van der Waals surface area (Å²) in [6, 6.07) is 14.5. The van der Waals surface area contributed by atoms with E-state index < -0.39 is 0 Å². The van der Waals surface area contributed by atoms with Crippen LogP contribution < -0.4 is 4.74 Å². The number of carbonyl (C=O) groups is 1. The number of benzene rings is 2. The van der Waals surface area contributed by atoms with Gasteiger partial charge in [-0.2, -0.15) is 0 Å². The smallest absolute Gasteiger partial charge is 0.192 e. The lowest BCUT2D eigenvalue weighted by Gasteiger charge is -2.13. The average Bonchev–Trinajstić information content (AvgIpc) is 3.14. The van der Waals surface area contributed by atoms with E-state index in [0.29, 0.717) is 40.5 Å². The van der Waals surface area contributed by atoms with Crippen LogP contribution in [0, 0.1) is 0 Å². The Bertz CT molecular complexity index is 958. The number of ether oxygens (including phenoxy) is 2. The highest BCUT2D eigenvalue weighted by Gasteiger charge is 2.22. The van der Waals surface area contributed by atoms with E-state index in [1.807, 2.05) is 35.8 Å². The molecule has 0 radical (unpaired) electrons. The highest BCUT2D eigenvalue weighted by atomic mass is 35.5. The molecular weight excluding hydrogens is 410 g/mol. The minimum atomic E-state index is -0.327. The highest BCUT2D eigenvalue weighted by molar-refractivity contribution is 8.00. The molecule has 0 bridgehead atoms. The monoisotopic (exact) mass is 431 g/mol. The fourth-order valence-corrected chi connectivity index (χ4v) is 3.85. The third-order valence-corrected chi connectivity index (χ3v) is 5.70. The molecule has 1 heterocycles. The second kappa shape index (κ2) is 9.91. The summed E-state index contributed by atoms with van der Waals surface area (Å²) in [4.78, 5) is 12.8. The van der Waals surface area contributed by atoms with Crippen LogP contribution in [0.3, 0.4) is 0 Å². The Morgan fingerprint density at radius 2 is 1.79 bits per heavy atom. The van der Waals surface area contributed by atoms with Gasteiger partial charge in [0.2, 0.25) is 0 Å². The van der Waals surface area contributed by atoms with E-state index in [-0.39, 0.29) is 11.0 Å². The lowest BCUT2D eigenvalue weighted by molar-refractivity contribution is 0.0994. The molecule has 8 heteroatoms. The summed E-state index contributed by atoms with van der Waals surface area (Å²) in [5.41, 5.74) is 1.53. The van der Waals surface area contributed by atoms with E-state index in [1.54, 1.807) is 38.5 Å². The van der Waals surface area contributed by atoms with Gasteiger partial charge in [0.25, 0.3) is 0 Å². The van der Waals surface area contributed by atoms with Gasteiger partial charge in [0.1, 0.15) is 5.75 Å². The first-order valence-electron chi connectivity index (χ1n) is 9.06. The van der Waals surface area contributed by atoms with Crippen LogP contribution in [0.2, 0.25) is 5.02 Å². The van der Waals surface area contributed by atoms with Gasteiger partial charge in [0.15, 0.2) is 16.8 Å². The molecule has 0 saturated heterocycles. The second-order valence-electron chi connectivity index (χ2n) is 6.31. The van der Waals surface area contributed by atoms with Crippen molar-refractivity contribution in [3.05, 3.63) is 59.1 Å². The number of methoxy groups -OCH3 is 2. The van der Waals surface area contributed by atoms with Crippen LogP contribution in [0.15, 0.2) is 53.7 Å². The summed E-state index contributed by atoms with van der Waals surface area (Å²) >= 11 is 7.38. The Kier molecular flexibility index (Phi) is 7.30. The average molecular weight is 432 g/mol. The summed E-state index contributed by atoms with van der Waals surface area (Å²) in [6.07, 6.45) is 0. The van der Waals surface area contributed by atoms with Gasteiger partial charge in [-0.25, -0.2) is 0 Å². The topological polar surface area (TPSA) is 66.2 Å². The molecule has 3 rings (SSSR count). The number of carbonyl (C=O) groups excluding carboxylic acids is 1. The normalized spacial score (nSPS) is 12.0. The van der Waals surface area contributed by atoms with E-state index in [0.717, 1.165) is 5.56 Å². The van der Waals surface area contributed by atoms with Crippen LogP contribution in [-0.4, -0.2) is 46.6 Å². The maximum absolute atomic E-state index is 12.8. The quantitative estimate of drug-likeness (QED) is 0.364. The largest absolute Gasteiger partial charge is 0.497 e. The predicted molar refractivity (Wildman–Crippen MR) is 115 cm³/mol. The first-order chi connectivity index (χ1) is 14.0. The molecule has 1 aromatic heterocycles. The molecule has 0 unspecified atom stereocenters. The predicted octanol–water partition coefficient (Wildman–Crippen LogP) is 4.62. The molecule has 0 aliphatic carbocycles. The summed E-state index contributed by atoms with van der Waals surface area (Å²) in [6.45, 7) is 2.95. The first-order valence-corrected chi connectivity index (χ1v) is 10.3. The van der Waals surface area contributed by atoms with Gasteiger partial charge >= 0.3 is 0 Å². The summed E-state index contributed by atoms with van der Waals surface area (Å²) in [5, 5.41) is 9.67. The molecule has 6 nitrogen and oxygen atoms in total. The lowest BCUT2D eigenvalue weighted by atomic mass is 10.1. The maximum atomic E-state index is 12.8. The van der Waals surface area contributed by atoms with Crippen molar-refractivity contribution in [2.45, 2.75) is 23.9 Å². The number of hydrogen-bond acceptors (Lipinski definition) is 6. The van der Waals surface area contributed by atoms with Gasteiger partial charge in [-0.15, -0.1) is 10.2 Å². The Labute approximate surface area is 179 Å². The van der Waals surface area contributed by atoms with Crippen LogP contribution in [0.4, 0.5) is 0 Å². The molecule has 152 valence electrons. The number of ketones is 1. The van der Waals surface area contributed by atoms with Crippen molar-refractivity contribution in [1.29, 1.82) is 0 Å². The lowest BCUT2D eigenvalue weighted by Crippen LogP contribution is -2.15. The minimum absolute atomic E-state index is 0.0204. The minimum Gasteiger partial charge on any atom is -0.497 e. The molecular formula is C21H22ClN3O3S. The third kappa shape index (κ3) is 5.18. The summed E-state index contributed by atoms with van der Waals surface area (Å²) < 4.78 is 12.4. The SMILES string of the molecule is COCCn1c(S[C@@H](C)C(=O)c2ccc(OC)cc2)nnc1-c1ccc(Cl)cc1. The molecule has 1 atom stereocenters. The number of aromatic nitrogens is 3. The summed E-state index contributed by atoms with van der Waals surface area (Å²) in [7, 11) is 3.25. The molecule has 0 aliphatic heterocycles. The van der Waals surface area contributed by atoms with Gasteiger partial charge < -0.3 is 9.47 Å². The van der Waals surface area contributed by atoms with Gasteiger partial charge in [-0.3, -0.25) is 9.36 Å². The zero-order valence-corrected chi connectivity index (χ0v) is 18.0. The van der Waals surface area contributed by atoms with Crippen molar-refractivity contribution in [2.75, 3.05) is 20.8 Å². The van der Waals surface area contributed by atoms with Gasteiger partial charge in [-0.05, 0) is 55.5 Å². The Balaban J connectivity index is 1.83. The molecule has 0 fully saturated rings. The maximum Gasteiger partial charge on any atom is 0.192 e. The number of rotatable bonds is 9. The zero-order chi connectivity index (χ0) is 20.8. The number of Topliss-reactive ketones (excluding diaryl/α,β-unsaturated/α-hetero) is 1. The van der Waals surface area contributed by atoms with Crippen LogP contribution in [0.1, 0.15) is 17.3 Å². The Morgan fingerprint density at radius 3 is 2.41 bits per heavy atom. The third-order valence-electron chi connectivity index (χ3n) is 4.36. The van der Waals surface area contributed by atoms with Crippen molar-refractivity contribution in [1.82, 2.24) is 14.8 Å². The van der Waals surface area contributed by atoms with Crippen molar-refractivity contribution < 1.29 is 14.3 Å². The number of hydrogen-bond donors (Lipinski definition) is 0. The van der Waals surface area contributed by atoms with E-state index in [2.05, 4.69) is 10.2 Å². The van der Waals surface area contributed by atoms with E-state index in [4.69, 9.17) is 21.1 Å². The zero-order valence-electron chi connectivity index (χ0n) is 16.5. The van der Waals surface area contributed by atoms with E-state index in [9.17, 15) is 4.79 Å². The summed E-state index contributed by atoms with van der Waals surface area (Å²) in [5.74, 6) is 1.45. The van der Waals surface area contributed by atoms with Crippen molar-refractivity contribution in [2.24, 2.45) is 0 Å². The fourth-order valence-electron chi connectivity index (χ4n) is 2.77. The van der Waals surface area contributed by atoms with Crippen LogP contribution in [0.5, 0.6) is 5.75 Å². The second-order valence-corrected chi connectivity index (χ2v) is 8.05. The molecule has 3 aromatic rings. The first kappa shape index (κ1) is 21.4. The number of halogens is 1. The number of thioether (sulfide) groups is 1. The molecule has 0 spiro atoms. The Hall–Kier alpha value is -2.35. The standard InChI is InChI=1S/C21H22ClN3O3S/c1-14(19(26)15-6-10-18(28-3)11-7-15)29-21-24-23-20(25(21)12-13-27-2)16-4-8-17(22)9-5-16/h4-11,14H,12-13H2,1-3H3/t14-/m0/s1. The van der Waals surface area contributed by atoms with E-state index >= 15 is 0 Å². The van der Waals surface area contributed by atoms with Crippen molar-refractivity contribution >= 4 is 29.1 Å².